The molecule has 2 amide bonds. The molecule has 16 heteroatoms. The monoisotopic (exact) mass is 468 g/mol. The SMILES string of the molecule is Nc1nc(/C(=N/O)C(=O)N[C@@H]2C(=O)N3C(C(=O)O)=C(Sc4nncs4)CC[C@H]23)ns1. The van der Waals surface area contributed by atoms with Gasteiger partial charge in [0.2, 0.25) is 11.5 Å². The first-order chi connectivity index (χ1) is 14.4. The number of carboxylic acids is 1. The lowest BCUT2D eigenvalue weighted by Gasteiger charge is -2.49. The molecule has 0 radical (unpaired) electrons. The smallest absolute Gasteiger partial charge is 0.353 e. The summed E-state index contributed by atoms with van der Waals surface area (Å²) in [7, 11) is 0. The molecule has 1 fully saturated rings. The molecule has 2 aromatic rings. The highest BCUT2D eigenvalue weighted by atomic mass is 32.2. The molecule has 2 aliphatic heterocycles. The predicted octanol–water partition coefficient (Wildman–Crippen LogP) is -0.272. The molecule has 0 spiro atoms. The van der Waals surface area contributed by atoms with Gasteiger partial charge in [0.1, 0.15) is 17.2 Å². The Morgan fingerprint density at radius 2 is 2.23 bits per heavy atom. The van der Waals surface area contributed by atoms with Crippen LogP contribution in [0.3, 0.4) is 0 Å². The van der Waals surface area contributed by atoms with E-state index in [2.05, 4.69) is 30.0 Å². The molecular formula is C14H12N8O5S3. The molecule has 2 atom stereocenters. The third kappa shape index (κ3) is 3.48. The van der Waals surface area contributed by atoms with E-state index in [1.807, 2.05) is 0 Å². The van der Waals surface area contributed by atoms with E-state index in [-0.39, 0.29) is 16.7 Å². The minimum Gasteiger partial charge on any atom is -0.477 e. The molecule has 30 heavy (non-hydrogen) atoms. The topological polar surface area (TPSA) is 197 Å². The van der Waals surface area contributed by atoms with Crippen molar-refractivity contribution in [3.8, 4) is 0 Å². The van der Waals surface area contributed by atoms with Crippen molar-refractivity contribution in [2.24, 2.45) is 5.16 Å². The van der Waals surface area contributed by atoms with Crippen molar-refractivity contribution in [2.75, 3.05) is 5.73 Å². The molecule has 0 aromatic carbocycles. The number of anilines is 1. The summed E-state index contributed by atoms with van der Waals surface area (Å²) in [6, 6.07) is -1.51. The van der Waals surface area contributed by atoms with Crippen LogP contribution >= 0.6 is 34.6 Å². The number of fused-ring (bicyclic) bond motifs is 1. The molecule has 0 bridgehead atoms. The van der Waals surface area contributed by atoms with Crippen LogP contribution in [-0.4, -0.2) is 70.3 Å². The van der Waals surface area contributed by atoms with Gasteiger partial charge in [-0.1, -0.05) is 28.3 Å². The maximum absolute atomic E-state index is 12.7. The Morgan fingerprint density at radius 3 is 2.83 bits per heavy atom. The Labute approximate surface area is 179 Å². The summed E-state index contributed by atoms with van der Waals surface area (Å²) >= 11 is 3.23. The van der Waals surface area contributed by atoms with Crippen LogP contribution < -0.4 is 11.1 Å². The van der Waals surface area contributed by atoms with Gasteiger partial charge >= 0.3 is 5.97 Å². The summed E-state index contributed by atoms with van der Waals surface area (Å²) < 4.78 is 4.37. The van der Waals surface area contributed by atoms with Gasteiger partial charge in [-0.05, 0) is 12.8 Å². The Kier molecular flexibility index (Phi) is 5.35. The highest BCUT2D eigenvalue weighted by molar-refractivity contribution is 8.04. The Bertz CT molecular complexity index is 1080. The van der Waals surface area contributed by atoms with Crippen LogP contribution in [0.15, 0.2) is 25.6 Å². The number of hydrogen-bond acceptors (Lipinski definition) is 13. The summed E-state index contributed by atoms with van der Waals surface area (Å²) in [5.74, 6) is -2.87. The number of nitrogen functional groups attached to an aromatic ring is 1. The number of carbonyl (C=O) groups excluding carboxylic acids is 2. The van der Waals surface area contributed by atoms with E-state index in [4.69, 9.17) is 10.9 Å². The molecule has 156 valence electrons. The molecule has 13 nitrogen and oxygen atoms in total. The zero-order chi connectivity index (χ0) is 21.4. The molecule has 0 unspecified atom stereocenters. The van der Waals surface area contributed by atoms with Crippen LogP contribution in [-0.2, 0) is 14.4 Å². The van der Waals surface area contributed by atoms with Crippen LogP contribution in [0.25, 0.3) is 0 Å². The quantitative estimate of drug-likeness (QED) is 0.188. The molecule has 4 rings (SSSR count). The van der Waals surface area contributed by atoms with E-state index in [1.165, 1.54) is 16.8 Å². The Balaban J connectivity index is 1.52. The van der Waals surface area contributed by atoms with Crippen LogP contribution in [0, 0.1) is 0 Å². The molecular weight excluding hydrogens is 456 g/mol. The fourth-order valence-electron chi connectivity index (χ4n) is 3.17. The lowest BCUT2D eigenvalue weighted by Crippen LogP contribution is -2.72. The Morgan fingerprint density at radius 1 is 1.43 bits per heavy atom. The maximum atomic E-state index is 12.7. The highest BCUT2D eigenvalue weighted by Gasteiger charge is 2.54. The number of aromatic nitrogens is 4. The number of carbonyl (C=O) groups is 3. The summed E-state index contributed by atoms with van der Waals surface area (Å²) in [4.78, 5) is 42.4. The zero-order valence-corrected chi connectivity index (χ0v) is 17.2. The lowest BCUT2D eigenvalue weighted by molar-refractivity contribution is -0.155. The van der Waals surface area contributed by atoms with E-state index in [1.54, 1.807) is 0 Å². The second-order valence-corrected chi connectivity index (χ2v) is 9.01. The van der Waals surface area contributed by atoms with Crippen molar-refractivity contribution >= 4 is 63.3 Å². The van der Waals surface area contributed by atoms with Crippen molar-refractivity contribution in [3.05, 3.63) is 21.9 Å². The number of nitrogens with zero attached hydrogens (tertiary/aromatic N) is 6. The number of nitrogens with two attached hydrogens (primary N) is 1. The van der Waals surface area contributed by atoms with Gasteiger partial charge in [0, 0.05) is 16.4 Å². The maximum Gasteiger partial charge on any atom is 0.353 e. The predicted molar refractivity (Wildman–Crippen MR) is 105 cm³/mol. The first-order valence-electron chi connectivity index (χ1n) is 8.26. The molecule has 0 aliphatic carbocycles. The van der Waals surface area contributed by atoms with Crippen molar-refractivity contribution in [1.82, 2.24) is 29.8 Å². The average molecular weight is 469 g/mol. The van der Waals surface area contributed by atoms with Crippen LogP contribution in [0.5, 0.6) is 0 Å². The highest BCUT2D eigenvalue weighted by Crippen LogP contribution is 2.43. The number of β-lactam (4-membered cyclic amide) rings is 1. The summed E-state index contributed by atoms with van der Waals surface area (Å²) in [5.41, 5.74) is 6.37. The van der Waals surface area contributed by atoms with Gasteiger partial charge in [-0.25, -0.2) is 4.79 Å². The van der Waals surface area contributed by atoms with Crippen LogP contribution in [0.1, 0.15) is 18.7 Å². The molecule has 1 saturated heterocycles. The van der Waals surface area contributed by atoms with Crippen molar-refractivity contribution in [3.63, 3.8) is 0 Å². The minimum absolute atomic E-state index is 0.0776. The summed E-state index contributed by atoms with van der Waals surface area (Å²) in [5, 5.41) is 31.9. The first-order valence-corrected chi connectivity index (χ1v) is 10.7. The second kappa shape index (κ2) is 7.96. The number of carboxylic acid groups (broad SMARTS) is 1. The molecule has 4 heterocycles. The van der Waals surface area contributed by atoms with Crippen molar-refractivity contribution in [1.29, 1.82) is 0 Å². The number of thioether (sulfide) groups is 1. The normalized spacial score (nSPS) is 21.3. The van der Waals surface area contributed by atoms with E-state index < -0.39 is 35.6 Å². The van der Waals surface area contributed by atoms with Gasteiger partial charge in [-0.15, -0.1) is 10.2 Å². The molecule has 2 aliphatic rings. The number of nitrogens with one attached hydrogen (secondary N) is 1. The van der Waals surface area contributed by atoms with E-state index >= 15 is 0 Å². The van der Waals surface area contributed by atoms with E-state index in [0.29, 0.717) is 22.1 Å². The number of allylic oxidation sites excluding steroid dienone is 1. The van der Waals surface area contributed by atoms with Crippen LogP contribution in [0.2, 0.25) is 0 Å². The van der Waals surface area contributed by atoms with Crippen molar-refractivity contribution < 1.29 is 24.7 Å². The van der Waals surface area contributed by atoms with Gasteiger partial charge in [0.25, 0.3) is 11.8 Å². The van der Waals surface area contributed by atoms with Gasteiger partial charge in [0.05, 0.1) is 6.04 Å². The van der Waals surface area contributed by atoms with Gasteiger partial charge in [-0.2, -0.15) is 9.36 Å². The third-order valence-corrected chi connectivity index (χ3v) is 6.86. The van der Waals surface area contributed by atoms with Gasteiger partial charge in [0.15, 0.2) is 9.47 Å². The molecule has 2 aromatic heterocycles. The number of aliphatic carboxylic acids is 1. The van der Waals surface area contributed by atoms with E-state index in [0.717, 1.165) is 28.2 Å². The number of rotatable bonds is 6. The number of amides is 2. The largest absolute Gasteiger partial charge is 0.477 e. The first kappa shape index (κ1) is 20.2. The number of hydrogen-bond donors (Lipinski definition) is 4. The second-order valence-electron chi connectivity index (χ2n) is 6.05. The standard InChI is InChI=1S/C14H12N8O5S3/c15-13-18-9(21-30-13)7(20-27)10(23)17-6-4-1-2-5(29-14-19-16-3-28-14)8(12(25)26)22(4)11(6)24/h3-4,6,27H,1-2H2,(H,17,23)(H,25,26)(H2,15,18,21)/b20-7-/t4-,6+/m1/s1. The fraction of sp³-hybridized carbons (Fsp3) is 0.286. The minimum atomic E-state index is -1.25. The zero-order valence-electron chi connectivity index (χ0n) is 14.8. The fourth-order valence-corrected chi connectivity index (χ4v) is 5.31. The molecule has 5 N–H and O–H groups in total. The summed E-state index contributed by atoms with van der Waals surface area (Å²) in [6.45, 7) is 0. The number of oxime groups is 1. The van der Waals surface area contributed by atoms with Gasteiger partial charge in [-0.3, -0.25) is 14.5 Å². The molecule has 0 saturated carbocycles. The van der Waals surface area contributed by atoms with Gasteiger partial charge < -0.3 is 21.4 Å². The summed E-state index contributed by atoms with van der Waals surface area (Å²) in [6.07, 6.45) is 0.819. The lowest BCUT2D eigenvalue weighted by atomic mass is 9.86. The van der Waals surface area contributed by atoms with E-state index in [9.17, 15) is 19.5 Å². The third-order valence-electron chi connectivity index (χ3n) is 4.40. The average Bonchev–Trinajstić information content (AvgIpc) is 3.38. The van der Waals surface area contributed by atoms with Crippen molar-refractivity contribution in [2.45, 2.75) is 29.3 Å². The Hall–Kier alpha value is -3.11. The van der Waals surface area contributed by atoms with Crippen LogP contribution in [0.4, 0.5) is 5.13 Å².